The van der Waals surface area contributed by atoms with E-state index in [9.17, 15) is 0 Å². The molecule has 0 saturated heterocycles. The van der Waals surface area contributed by atoms with E-state index in [4.69, 9.17) is 0 Å². The van der Waals surface area contributed by atoms with Gasteiger partial charge in [0.25, 0.3) is 0 Å². The van der Waals surface area contributed by atoms with Crippen LogP contribution >= 0.6 is 0 Å². The summed E-state index contributed by atoms with van der Waals surface area (Å²) in [6, 6.07) is 0. The molecule has 0 heterocycles. The van der Waals surface area contributed by atoms with Crippen LogP contribution in [0.2, 0.25) is 0 Å². The van der Waals surface area contributed by atoms with Crippen molar-refractivity contribution in [2.75, 3.05) is 0 Å². The van der Waals surface area contributed by atoms with Crippen molar-refractivity contribution >= 4 is 0 Å². The summed E-state index contributed by atoms with van der Waals surface area (Å²) in [4.78, 5) is 0. The molecule has 10 radical (unpaired) electrons. The van der Waals surface area contributed by atoms with Gasteiger partial charge in [-0.3, -0.25) is 0 Å². The monoisotopic (exact) mass is 484 g/mol. The maximum absolute atomic E-state index is 2.41. The molecule has 4 saturated carbocycles. The summed E-state index contributed by atoms with van der Waals surface area (Å²) < 4.78 is 0. The zero-order chi connectivity index (χ0) is 21.7. The van der Waals surface area contributed by atoms with E-state index in [1.807, 2.05) is 0 Å². The van der Waals surface area contributed by atoms with Gasteiger partial charge in [0.1, 0.15) is 0 Å². The van der Waals surface area contributed by atoms with Gasteiger partial charge in [0.05, 0.1) is 0 Å². The van der Waals surface area contributed by atoms with Crippen molar-refractivity contribution in [3.63, 3.8) is 0 Å². The molecule has 0 aromatic carbocycles. The smallest absolute Gasteiger partial charge is 0.358 e. The van der Waals surface area contributed by atoms with Crippen molar-refractivity contribution in [2.45, 2.75) is 80.1 Å². The van der Waals surface area contributed by atoms with Crippen LogP contribution in [0.1, 0.15) is 80.1 Å². The largest absolute Gasteiger partial charge is 2.00 e. The summed E-state index contributed by atoms with van der Waals surface area (Å²) >= 11 is 0. The third-order valence-electron chi connectivity index (χ3n) is 8.28. The van der Waals surface area contributed by atoms with Crippen LogP contribution in [0.5, 0.6) is 0 Å². The SMILES string of the molecule is CC1CCC(C(C)C)C([C]2[CH][CH][CH][CH]2)C1.CC1CCC(C(C)C)C([C]2[CH][CH][CH][CH]2)C1.[CH3-].[CH3-].[Ti+2]. The van der Waals surface area contributed by atoms with E-state index in [0.717, 1.165) is 47.3 Å². The van der Waals surface area contributed by atoms with Crippen molar-refractivity contribution in [2.24, 2.45) is 47.3 Å². The van der Waals surface area contributed by atoms with Gasteiger partial charge < -0.3 is 14.9 Å². The van der Waals surface area contributed by atoms with Gasteiger partial charge in [-0.1, -0.05) is 54.4 Å². The molecule has 4 fully saturated rings. The Bertz CT molecular complexity index is 427. The molecular weight excluding hydrogens is 432 g/mol. The quantitative estimate of drug-likeness (QED) is 0.276. The molecule has 6 unspecified atom stereocenters. The minimum atomic E-state index is 0. The van der Waals surface area contributed by atoms with Gasteiger partial charge in [0, 0.05) is 0 Å². The fourth-order valence-corrected chi connectivity index (χ4v) is 6.44. The predicted octanol–water partition coefficient (Wildman–Crippen LogP) is 9.10. The molecule has 0 aromatic heterocycles. The van der Waals surface area contributed by atoms with Crippen molar-refractivity contribution in [3.05, 3.63) is 78.1 Å². The van der Waals surface area contributed by atoms with Crippen molar-refractivity contribution in [1.82, 2.24) is 0 Å². The van der Waals surface area contributed by atoms with Crippen molar-refractivity contribution in [3.8, 4) is 0 Å². The molecule has 0 bridgehead atoms. The normalized spacial score (nSPS) is 35.3. The first kappa shape index (κ1) is 33.7. The zero-order valence-electron chi connectivity index (χ0n) is 23.0. The molecule has 1 heteroatoms. The van der Waals surface area contributed by atoms with E-state index in [1.54, 1.807) is 11.8 Å². The molecule has 0 aliphatic heterocycles. The summed E-state index contributed by atoms with van der Waals surface area (Å²) in [7, 11) is 0. The van der Waals surface area contributed by atoms with Crippen LogP contribution in [0.3, 0.4) is 0 Å². The fourth-order valence-electron chi connectivity index (χ4n) is 6.44. The standard InChI is InChI=1S/2C15H23.2CH3.Ti/c2*1-11(2)14-9-8-12(3)10-15(14)13-6-4-5-7-13;;;/h2*4-7,11-12,14-15H,8-10H2,1-3H3;2*1H3;/q;;2*-1;+2. The summed E-state index contributed by atoms with van der Waals surface area (Å²) in [6.07, 6.45) is 26.5. The van der Waals surface area contributed by atoms with E-state index in [2.05, 4.69) is 92.9 Å². The predicted molar refractivity (Wildman–Crippen MR) is 143 cm³/mol. The third-order valence-corrected chi connectivity index (χ3v) is 8.28. The fraction of sp³-hybridized carbons (Fsp3) is 0.625. The maximum Gasteiger partial charge on any atom is 2.00 e. The van der Waals surface area contributed by atoms with Crippen LogP contribution in [0.15, 0.2) is 0 Å². The van der Waals surface area contributed by atoms with Gasteiger partial charge in [-0.2, -0.15) is 0 Å². The van der Waals surface area contributed by atoms with E-state index in [-0.39, 0.29) is 36.6 Å². The van der Waals surface area contributed by atoms with Gasteiger partial charge in [0.2, 0.25) is 0 Å². The van der Waals surface area contributed by atoms with Gasteiger partial charge in [-0.15, -0.1) is 0 Å². The molecule has 0 aromatic rings. The molecule has 184 valence electrons. The van der Waals surface area contributed by atoms with Gasteiger partial charge in [-0.25, -0.2) is 0 Å². The van der Waals surface area contributed by atoms with E-state index in [1.165, 1.54) is 38.5 Å². The van der Waals surface area contributed by atoms with Crippen LogP contribution in [0, 0.1) is 125 Å². The number of rotatable bonds is 4. The Morgan fingerprint density at radius 3 is 1.15 bits per heavy atom. The Balaban J connectivity index is 0.000000569. The minimum absolute atomic E-state index is 0. The number of hydrogen-bond donors (Lipinski definition) is 0. The van der Waals surface area contributed by atoms with E-state index < -0.39 is 0 Å². The molecule has 6 atom stereocenters. The molecular formula is C32H52Ti. The molecule has 4 aliphatic carbocycles. The molecule has 0 amide bonds. The van der Waals surface area contributed by atoms with E-state index >= 15 is 0 Å². The Kier molecular flexibility index (Phi) is 16.8. The summed E-state index contributed by atoms with van der Waals surface area (Å²) in [6.45, 7) is 14.4. The Labute approximate surface area is 226 Å². The summed E-state index contributed by atoms with van der Waals surface area (Å²) in [5.74, 6) is 10.1. The van der Waals surface area contributed by atoms with E-state index in [0.29, 0.717) is 0 Å². The average molecular weight is 485 g/mol. The molecule has 4 aliphatic rings. The summed E-state index contributed by atoms with van der Waals surface area (Å²) in [5.41, 5.74) is 0. The molecule has 0 N–H and O–H groups in total. The Hall–Kier alpha value is 0.714. The average Bonchev–Trinajstić information content (AvgIpc) is 3.42. The van der Waals surface area contributed by atoms with Crippen LogP contribution in [0.4, 0.5) is 0 Å². The third kappa shape index (κ3) is 9.59. The Morgan fingerprint density at radius 1 is 0.576 bits per heavy atom. The maximum atomic E-state index is 2.41. The van der Waals surface area contributed by atoms with Gasteiger partial charge in [0.15, 0.2) is 0 Å². The molecule has 0 spiro atoms. The first-order valence-electron chi connectivity index (χ1n) is 12.8. The van der Waals surface area contributed by atoms with Crippen LogP contribution < -0.4 is 0 Å². The van der Waals surface area contributed by atoms with Crippen LogP contribution in [0.25, 0.3) is 0 Å². The Morgan fingerprint density at radius 2 is 0.879 bits per heavy atom. The minimum Gasteiger partial charge on any atom is -0.358 e. The second-order valence-corrected chi connectivity index (χ2v) is 11.3. The van der Waals surface area contributed by atoms with Gasteiger partial charge in [-0.05, 0) is 136 Å². The molecule has 0 nitrogen and oxygen atoms in total. The zero-order valence-corrected chi connectivity index (χ0v) is 24.5. The molecule has 4 rings (SSSR count). The second-order valence-electron chi connectivity index (χ2n) is 11.3. The second kappa shape index (κ2) is 16.5. The van der Waals surface area contributed by atoms with Crippen LogP contribution in [-0.4, -0.2) is 0 Å². The van der Waals surface area contributed by atoms with Crippen LogP contribution in [-0.2, 0) is 21.7 Å². The van der Waals surface area contributed by atoms with Crippen molar-refractivity contribution < 1.29 is 21.7 Å². The topological polar surface area (TPSA) is 0 Å². The molecule has 33 heavy (non-hydrogen) atoms. The first-order valence-corrected chi connectivity index (χ1v) is 12.8. The van der Waals surface area contributed by atoms with Crippen molar-refractivity contribution in [1.29, 1.82) is 0 Å². The van der Waals surface area contributed by atoms with Gasteiger partial charge >= 0.3 is 21.7 Å². The first-order chi connectivity index (χ1) is 14.4. The number of hydrogen-bond acceptors (Lipinski definition) is 0. The summed E-state index contributed by atoms with van der Waals surface area (Å²) in [5, 5.41) is 0.